The van der Waals surface area contributed by atoms with Gasteiger partial charge in [-0.15, -0.1) is 0 Å². The number of pyridine rings is 1. The Labute approximate surface area is 108 Å². The van der Waals surface area contributed by atoms with Gasteiger partial charge in [0, 0.05) is 11.8 Å². The van der Waals surface area contributed by atoms with Gasteiger partial charge in [-0.05, 0) is 29.8 Å². The Hall–Kier alpha value is -0.960. The van der Waals surface area contributed by atoms with E-state index < -0.39 is 0 Å². The summed E-state index contributed by atoms with van der Waals surface area (Å²) in [7, 11) is 0. The fraction of sp³-hybridized carbons (Fsp3) is 0. The first-order valence-corrected chi connectivity index (χ1v) is 5.58. The average molecular weight is 274 g/mol. The van der Waals surface area contributed by atoms with Crippen molar-refractivity contribution >= 4 is 40.6 Å². The predicted octanol–water partition coefficient (Wildman–Crippen LogP) is 4.29. The number of hydrogen-bond acceptors (Lipinski definition) is 2. The van der Waals surface area contributed by atoms with Gasteiger partial charge < -0.3 is 5.73 Å². The van der Waals surface area contributed by atoms with Gasteiger partial charge in [0.25, 0.3) is 0 Å². The molecule has 0 saturated carbocycles. The van der Waals surface area contributed by atoms with E-state index in [1.165, 1.54) is 0 Å². The fourth-order valence-corrected chi connectivity index (χ4v) is 1.89. The van der Waals surface area contributed by atoms with E-state index in [-0.39, 0.29) is 0 Å². The summed E-state index contributed by atoms with van der Waals surface area (Å²) in [6.07, 6.45) is 1.66. The zero-order valence-electron chi connectivity index (χ0n) is 8.05. The van der Waals surface area contributed by atoms with Gasteiger partial charge in [-0.3, -0.25) is 0 Å². The lowest BCUT2D eigenvalue weighted by atomic mass is 10.1. The molecule has 0 amide bonds. The van der Waals surface area contributed by atoms with E-state index in [9.17, 15) is 0 Å². The molecule has 16 heavy (non-hydrogen) atoms. The van der Waals surface area contributed by atoms with E-state index in [0.29, 0.717) is 20.9 Å². The van der Waals surface area contributed by atoms with Crippen LogP contribution in [-0.2, 0) is 0 Å². The van der Waals surface area contributed by atoms with Gasteiger partial charge in [-0.1, -0.05) is 34.8 Å². The van der Waals surface area contributed by atoms with Crippen LogP contribution in [0.4, 0.5) is 5.82 Å². The molecular formula is C11H7Cl3N2. The molecule has 0 unspecified atom stereocenters. The van der Waals surface area contributed by atoms with Crippen molar-refractivity contribution < 1.29 is 0 Å². The zero-order valence-corrected chi connectivity index (χ0v) is 10.3. The Balaban J connectivity index is 2.52. The van der Waals surface area contributed by atoms with E-state index in [1.54, 1.807) is 24.4 Å². The second-order valence-electron chi connectivity index (χ2n) is 3.23. The Morgan fingerprint density at radius 1 is 0.938 bits per heavy atom. The summed E-state index contributed by atoms with van der Waals surface area (Å²) in [6, 6.07) is 7.04. The molecule has 0 aliphatic rings. The number of aromatic nitrogens is 1. The van der Waals surface area contributed by atoms with Crippen molar-refractivity contribution in [3.8, 4) is 11.1 Å². The number of anilines is 1. The second kappa shape index (κ2) is 4.50. The largest absolute Gasteiger partial charge is 0.384 e. The van der Waals surface area contributed by atoms with Crippen LogP contribution in [-0.4, -0.2) is 4.98 Å². The summed E-state index contributed by atoms with van der Waals surface area (Å²) in [5.41, 5.74) is 7.24. The van der Waals surface area contributed by atoms with Gasteiger partial charge in [0.1, 0.15) is 5.82 Å². The van der Waals surface area contributed by atoms with Gasteiger partial charge in [0.05, 0.1) is 15.1 Å². The van der Waals surface area contributed by atoms with Gasteiger partial charge in [-0.2, -0.15) is 0 Å². The summed E-state index contributed by atoms with van der Waals surface area (Å²) in [5.74, 6) is 0.468. The molecule has 5 heteroatoms. The lowest BCUT2D eigenvalue weighted by Crippen LogP contribution is -1.89. The molecule has 82 valence electrons. The Morgan fingerprint density at radius 2 is 1.56 bits per heavy atom. The number of nitrogens with zero attached hydrogens (tertiary/aromatic N) is 1. The average Bonchev–Trinajstić information content (AvgIpc) is 2.26. The summed E-state index contributed by atoms with van der Waals surface area (Å²) in [5, 5.41) is 1.19. The molecule has 0 bridgehead atoms. The van der Waals surface area contributed by atoms with E-state index in [0.717, 1.165) is 11.1 Å². The SMILES string of the molecule is Nc1ccc(-c2cc(Cl)c(Cl)c(Cl)c2)cn1. The quantitative estimate of drug-likeness (QED) is 0.787. The lowest BCUT2D eigenvalue weighted by Gasteiger charge is -2.05. The number of benzene rings is 1. The molecular weight excluding hydrogens is 266 g/mol. The smallest absolute Gasteiger partial charge is 0.123 e. The van der Waals surface area contributed by atoms with Crippen LogP contribution in [0.15, 0.2) is 30.5 Å². The number of rotatable bonds is 1. The summed E-state index contributed by atoms with van der Waals surface area (Å²) in [6.45, 7) is 0. The molecule has 0 atom stereocenters. The van der Waals surface area contributed by atoms with Gasteiger partial charge in [0.2, 0.25) is 0 Å². The Bertz CT molecular complexity index is 500. The van der Waals surface area contributed by atoms with Crippen LogP contribution in [0.25, 0.3) is 11.1 Å². The van der Waals surface area contributed by atoms with Crippen LogP contribution in [0.1, 0.15) is 0 Å². The molecule has 0 spiro atoms. The highest BCUT2D eigenvalue weighted by Crippen LogP contribution is 2.34. The van der Waals surface area contributed by atoms with Crippen LogP contribution in [0.2, 0.25) is 15.1 Å². The van der Waals surface area contributed by atoms with E-state index >= 15 is 0 Å². The molecule has 2 N–H and O–H groups in total. The molecule has 1 heterocycles. The van der Waals surface area contributed by atoms with Gasteiger partial charge >= 0.3 is 0 Å². The minimum absolute atomic E-state index is 0.357. The zero-order chi connectivity index (χ0) is 11.7. The molecule has 0 aliphatic heterocycles. The van der Waals surface area contributed by atoms with Gasteiger partial charge in [0.15, 0.2) is 0 Å². The molecule has 2 rings (SSSR count). The highest BCUT2D eigenvalue weighted by atomic mass is 35.5. The molecule has 2 aromatic rings. The maximum absolute atomic E-state index is 5.94. The van der Waals surface area contributed by atoms with Crippen LogP contribution in [0.5, 0.6) is 0 Å². The van der Waals surface area contributed by atoms with E-state index in [4.69, 9.17) is 40.5 Å². The number of hydrogen-bond donors (Lipinski definition) is 1. The molecule has 1 aromatic heterocycles. The minimum atomic E-state index is 0.357. The van der Waals surface area contributed by atoms with Crippen LogP contribution >= 0.6 is 34.8 Å². The maximum atomic E-state index is 5.94. The van der Waals surface area contributed by atoms with Crippen molar-refractivity contribution in [1.29, 1.82) is 0 Å². The van der Waals surface area contributed by atoms with Crippen LogP contribution < -0.4 is 5.73 Å². The van der Waals surface area contributed by atoms with E-state index in [1.807, 2.05) is 6.07 Å². The summed E-state index contributed by atoms with van der Waals surface area (Å²) in [4.78, 5) is 4.00. The summed E-state index contributed by atoms with van der Waals surface area (Å²) >= 11 is 17.7. The van der Waals surface area contributed by atoms with Crippen molar-refractivity contribution in [2.24, 2.45) is 0 Å². The van der Waals surface area contributed by atoms with Crippen LogP contribution in [0.3, 0.4) is 0 Å². The Kier molecular flexibility index (Phi) is 3.24. The number of nitrogens with two attached hydrogens (primary N) is 1. The number of nitrogen functional groups attached to an aromatic ring is 1. The third-order valence-corrected chi connectivity index (χ3v) is 3.30. The highest BCUT2D eigenvalue weighted by molar-refractivity contribution is 6.48. The van der Waals surface area contributed by atoms with Crippen LogP contribution in [0, 0.1) is 0 Å². The molecule has 2 nitrogen and oxygen atoms in total. The topological polar surface area (TPSA) is 38.9 Å². The molecule has 0 aliphatic carbocycles. The monoisotopic (exact) mass is 272 g/mol. The molecule has 1 aromatic carbocycles. The van der Waals surface area contributed by atoms with Crippen molar-refractivity contribution in [3.63, 3.8) is 0 Å². The minimum Gasteiger partial charge on any atom is -0.384 e. The first-order valence-electron chi connectivity index (χ1n) is 4.44. The predicted molar refractivity (Wildman–Crippen MR) is 69.1 cm³/mol. The standard InChI is InChI=1S/C11H7Cl3N2/c12-8-3-7(4-9(13)11(8)14)6-1-2-10(15)16-5-6/h1-5H,(H2,15,16). The molecule has 0 saturated heterocycles. The molecule has 0 fully saturated rings. The van der Waals surface area contributed by atoms with Crippen molar-refractivity contribution in [2.45, 2.75) is 0 Å². The van der Waals surface area contributed by atoms with Crippen molar-refractivity contribution in [3.05, 3.63) is 45.5 Å². The fourth-order valence-electron chi connectivity index (χ4n) is 1.30. The lowest BCUT2D eigenvalue weighted by molar-refractivity contribution is 1.34. The van der Waals surface area contributed by atoms with Gasteiger partial charge in [-0.25, -0.2) is 4.98 Å². The van der Waals surface area contributed by atoms with Crippen molar-refractivity contribution in [1.82, 2.24) is 4.98 Å². The first-order chi connectivity index (χ1) is 7.58. The number of halogens is 3. The Morgan fingerprint density at radius 3 is 2.06 bits per heavy atom. The normalized spacial score (nSPS) is 10.4. The third-order valence-electron chi connectivity index (χ3n) is 2.10. The highest BCUT2D eigenvalue weighted by Gasteiger charge is 2.07. The maximum Gasteiger partial charge on any atom is 0.123 e. The van der Waals surface area contributed by atoms with Crippen molar-refractivity contribution in [2.75, 3.05) is 5.73 Å². The molecule has 0 radical (unpaired) electrons. The first kappa shape index (κ1) is 11.5. The summed E-state index contributed by atoms with van der Waals surface area (Å²) < 4.78 is 0. The third kappa shape index (κ3) is 2.24. The second-order valence-corrected chi connectivity index (χ2v) is 4.42. The van der Waals surface area contributed by atoms with E-state index in [2.05, 4.69) is 4.98 Å².